The summed E-state index contributed by atoms with van der Waals surface area (Å²) >= 11 is 5.57. The third kappa shape index (κ3) is 6.17. The van der Waals surface area contributed by atoms with E-state index in [1.165, 1.54) is 6.92 Å². The molecule has 0 saturated heterocycles. The van der Waals surface area contributed by atoms with Gasteiger partial charge in [-0.3, -0.25) is 4.79 Å². The minimum absolute atomic E-state index is 0.0888. The van der Waals surface area contributed by atoms with E-state index in [9.17, 15) is 4.79 Å². The van der Waals surface area contributed by atoms with Crippen molar-refractivity contribution in [3.05, 3.63) is 0 Å². The SMILES string of the molecule is CCCCC(CCl)OC(C)=O. The van der Waals surface area contributed by atoms with Crippen LogP contribution in [-0.4, -0.2) is 18.0 Å². The van der Waals surface area contributed by atoms with E-state index < -0.39 is 0 Å². The van der Waals surface area contributed by atoms with E-state index in [0.29, 0.717) is 5.88 Å². The summed E-state index contributed by atoms with van der Waals surface area (Å²) in [6, 6.07) is 0. The van der Waals surface area contributed by atoms with Crippen molar-refractivity contribution in [3.8, 4) is 0 Å². The summed E-state index contributed by atoms with van der Waals surface area (Å²) < 4.78 is 4.93. The van der Waals surface area contributed by atoms with E-state index in [1.807, 2.05) is 0 Å². The van der Waals surface area contributed by atoms with Crippen molar-refractivity contribution in [2.24, 2.45) is 0 Å². The van der Waals surface area contributed by atoms with Crippen LogP contribution in [0.1, 0.15) is 33.1 Å². The first-order valence-electron chi connectivity index (χ1n) is 3.93. The molecule has 0 aliphatic carbocycles. The molecule has 0 heterocycles. The highest BCUT2D eigenvalue weighted by Gasteiger charge is 2.08. The minimum atomic E-state index is -0.244. The molecule has 0 aliphatic rings. The fraction of sp³-hybridized carbons (Fsp3) is 0.875. The number of hydrogen-bond donors (Lipinski definition) is 0. The van der Waals surface area contributed by atoms with Crippen LogP contribution >= 0.6 is 11.6 Å². The second-order valence-electron chi connectivity index (χ2n) is 2.53. The molecule has 0 rings (SSSR count). The van der Waals surface area contributed by atoms with Gasteiger partial charge in [0, 0.05) is 6.92 Å². The molecular weight excluding hydrogens is 164 g/mol. The van der Waals surface area contributed by atoms with E-state index in [0.717, 1.165) is 19.3 Å². The summed E-state index contributed by atoms with van der Waals surface area (Å²) in [6.45, 7) is 3.50. The standard InChI is InChI=1S/C8H15ClO2/c1-3-4-5-8(6-9)11-7(2)10/h8H,3-6H2,1-2H3. The molecule has 0 aromatic heterocycles. The minimum Gasteiger partial charge on any atom is -0.461 e. The van der Waals surface area contributed by atoms with E-state index in [2.05, 4.69) is 6.92 Å². The first kappa shape index (κ1) is 10.8. The Kier molecular flexibility index (Phi) is 6.33. The van der Waals surface area contributed by atoms with Crippen LogP contribution < -0.4 is 0 Å². The Hall–Kier alpha value is -0.240. The topological polar surface area (TPSA) is 26.3 Å². The Morgan fingerprint density at radius 3 is 2.64 bits per heavy atom. The van der Waals surface area contributed by atoms with Crippen molar-refractivity contribution in [1.82, 2.24) is 0 Å². The van der Waals surface area contributed by atoms with Crippen molar-refractivity contribution in [2.45, 2.75) is 39.2 Å². The molecule has 0 fully saturated rings. The number of carbonyl (C=O) groups excluding carboxylic acids is 1. The van der Waals surface area contributed by atoms with Gasteiger partial charge in [0.2, 0.25) is 0 Å². The number of unbranched alkanes of at least 4 members (excludes halogenated alkanes) is 1. The van der Waals surface area contributed by atoms with E-state index in [4.69, 9.17) is 16.3 Å². The monoisotopic (exact) mass is 178 g/mol. The van der Waals surface area contributed by atoms with Gasteiger partial charge in [0.15, 0.2) is 0 Å². The molecule has 66 valence electrons. The number of hydrogen-bond acceptors (Lipinski definition) is 2. The highest BCUT2D eigenvalue weighted by molar-refractivity contribution is 6.18. The normalized spacial score (nSPS) is 12.6. The smallest absolute Gasteiger partial charge is 0.302 e. The van der Waals surface area contributed by atoms with Crippen molar-refractivity contribution < 1.29 is 9.53 Å². The maximum absolute atomic E-state index is 10.5. The highest BCUT2D eigenvalue weighted by Crippen LogP contribution is 2.06. The van der Waals surface area contributed by atoms with Gasteiger partial charge in [0.1, 0.15) is 6.10 Å². The summed E-state index contributed by atoms with van der Waals surface area (Å²) in [5.41, 5.74) is 0. The van der Waals surface area contributed by atoms with Gasteiger partial charge < -0.3 is 4.74 Å². The molecule has 3 heteroatoms. The maximum atomic E-state index is 10.5. The Labute approximate surface area is 72.9 Å². The van der Waals surface area contributed by atoms with Crippen LogP contribution in [-0.2, 0) is 9.53 Å². The average Bonchev–Trinajstić information content (AvgIpc) is 1.97. The lowest BCUT2D eigenvalue weighted by Crippen LogP contribution is -2.17. The zero-order valence-corrected chi connectivity index (χ0v) is 7.86. The lowest BCUT2D eigenvalue weighted by molar-refractivity contribution is -0.145. The summed E-state index contributed by atoms with van der Waals surface area (Å²) in [7, 11) is 0. The molecule has 1 atom stereocenters. The van der Waals surface area contributed by atoms with Gasteiger partial charge in [-0.2, -0.15) is 0 Å². The summed E-state index contributed by atoms with van der Waals surface area (Å²) in [5.74, 6) is 0.159. The molecule has 0 aliphatic heterocycles. The van der Waals surface area contributed by atoms with Crippen LogP contribution in [0.15, 0.2) is 0 Å². The number of carbonyl (C=O) groups is 1. The second-order valence-corrected chi connectivity index (χ2v) is 2.84. The number of rotatable bonds is 5. The first-order valence-corrected chi connectivity index (χ1v) is 4.47. The molecule has 0 spiro atoms. The van der Waals surface area contributed by atoms with Crippen LogP contribution in [0, 0.1) is 0 Å². The molecule has 1 unspecified atom stereocenters. The number of ether oxygens (including phenoxy) is 1. The lowest BCUT2D eigenvalue weighted by atomic mass is 10.2. The molecule has 0 aromatic carbocycles. The molecule has 0 amide bonds. The van der Waals surface area contributed by atoms with E-state index in [1.54, 1.807) is 0 Å². The number of halogens is 1. The van der Waals surface area contributed by atoms with Gasteiger partial charge in [-0.1, -0.05) is 19.8 Å². The van der Waals surface area contributed by atoms with Gasteiger partial charge in [0.25, 0.3) is 0 Å². The molecule has 0 radical (unpaired) electrons. The zero-order valence-electron chi connectivity index (χ0n) is 7.10. The molecule has 0 N–H and O–H groups in total. The van der Waals surface area contributed by atoms with Crippen LogP contribution in [0.4, 0.5) is 0 Å². The Bertz CT molecular complexity index is 115. The lowest BCUT2D eigenvalue weighted by Gasteiger charge is -2.12. The molecule has 11 heavy (non-hydrogen) atoms. The van der Waals surface area contributed by atoms with Crippen molar-refractivity contribution >= 4 is 17.6 Å². The van der Waals surface area contributed by atoms with E-state index in [-0.39, 0.29) is 12.1 Å². The van der Waals surface area contributed by atoms with Crippen LogP contribution in [0.5, 0.6) is 0 Å². The van der Waals surface area contributed by atoms with Gasteiger partial charge in [-0.05, 0) is 6.42 Å². The maximum Gasteiger partial charge on any atom is 0.302 e. The Morgan fingerprint density at radius 1 is 1.64 bits per heavy atom. The predicted octanol–water partition coefficient (Wildman–Crippen LogP) is 2.35. The second kappa shape index (κ2) is 6.47. The first-order chi connectivity index (χ1) is 5.20. The predicted molar refractivity (Wildman–Crippen MR) is 45.8 cm³/mol. The van der Waals surface area contributed by atoms with Gasteiger partial charge in [-0.15, -0.1) is 11.6 Å². The quantitative estimate of drug-likeness (QED) is 0.477. The summed E-state index contributed by atoms with van der Waals surface area (Å²) in [6.07, 6.45) is 2.95. The molecular formula is C8H15ClO2. The van der Waals surface area contributed by atoms with Crippen LogP contribution in [0.3, 0.4) is 0 Å². The third-order valence-electron chi connectivity index (χ3n) is 1.38. The zero-order chi connectivity index (χ0) is 8.69. The van der Waals surface area contributed by atoms with Crippen LogP contribution in [0.2, 0.25) is 0 Å². The number of alkyl halides is 1. The summed E-state index contributed by atoms with van der Waals surface area (Å²) in [4.78, 5) is 10.5. The van der Waals surface area contributed by atoms with Gasteiger partial charge in [-0.25, -0.2) is 0 Å². The van der Waals surface area contributed by atoms with Crippen molar-refractivity contribution in [3.63, 3.8) is 0 Å². The fourth-order valence-corrected chi connectivity index (χ4v) is 1.05. The van der Waals surface area contributed by atoms with Crippen LogP contribution in [0.25, 0.3) is 0 Å². The highest BCUT2D eigenvalue weighted by atomic mass is 35.5. The van der Waals surface area contributed by atoms with Gasteiger partial charge >= 0.3 is 5.97 Å². The van der Waals surface area contributed by atoms with Crippen molar-refractivity contribution in [1.29, 1.82) is 0 Å². The largest absolute Gasteiger partial charge is 0.461 e. The molecule has 0 bridgehead atoms. The fourth-order valence-electron chi connectivity index (χ4n) is 0.834. The molecule has 0 aromatic rings. The van der Waals surface area contributed by atoms with Gasteiger partial charge in [0.05, 0.1) is 5.88 Å². The summed E-state index contributed by atoms with van der Waals surface area (Å²) in [5, 5.41) is 0. The Morgan fingerprint density at radius 2 is 2.27 bits per heavy atom. The number of esters is 1. The third-order valence-corrected chi connectivity index (χ3v) is 1.73. The van der Waals surface area contributed by atoms with Crippen molar-refractivity contribution in [2.75, 3.05) is 5.88 Å². The average molecular weight is 179 g/mol. The molecule has 2 nitrogen and oxygen atoms in total. The Balaban J connectivity index is 3.49. The van der Waals surface area contributed by atoms with E-state index >= 15 is 0 Å². The molecule has 0 saturated carbocycles.